The van der Waals surface area contributed by atoms with Crippen LogP contribution < -0.4 is 0 Å². The van der Waals surface area contributed by atoms with Gasteiger partial charge < -0.3 is 9.64 Å². The number of benzene rings is 1. The van der Waals surface area contributed by atoms with Gasteiger partial charge in [0, 0.05) is 11.0 Å². The van der Waals surface area contributed by atoms with Crippen molar-refractivity contribution >= 4 is 33.4 Å². The number of hydrogen-bond acceptors (Lipinski definition) is 2. The molecule has 0 spiro atoms. The van der Waals surface area contributed by atoms with Crippen molar-refractivity contribution in [1.82, 2.24) is 4.90 Å². The Labute approximate surface area is 114 Å². The van der Waals surface area contributed by atoms with Gasteiger partial charge in [0.25, 0.3) is 5.91 Å². The number of halogens is 2. The molecule has 1 unspecified atom stereocenters. The average molecular weight is 319 g/mol. The Bertz CT molecular complexity index is 439. The highest BCUT2D eigenvalue weighted by molar-refractivity contribution is 9.10. The minimum absolute atomic E-state index is 0.0351. The summed E-state index contributed by atoms with van der Waals surface area (Å²) in [6, 6.07) is 5.39. The maximum Gasteiger partial charge on any atom is 0.255 e. The van der Waals surface area contributed by atoms with E-state index in [1.807, 2.05) is 13.0 Å². The molecule has 1 heterocycles. The molecule has 0 radical (unpaired) electrons. The van der Waals surface area contributed by atoms with E-state index >= 15 is 0 Å². The van der Waals surface area contributed by atoms with Gasteiger partial charge in [-0.15, -0.1) is 0 Å². The standard InChI is InChI=1S/C12H13BrClNO2/c1-8-7-17-5-4-15(8)12(16)10-6-9(13)2-3-11(10)14/h2-3,6,8H,4-5,7H2,1H3. The summed E-state index contributed by atoms with van der Waals surface area (Å²) in [5.74, 6) is -0.0351. The van der Waals surface area contributed by atoms with Crippen LogP contribution in [0.15, 0.2) is 22.7 Å². The largest absolute Gasteiger partial charge is 0.377 e. The van der Waals surface area contributed by atoms with E-state index in [1.165, 1.54) is 0 Å². The number of amides is 1. The molecule has 0 aromatic heterocycles. The normalized spacial score (nSPS) is 20.4. The van der Waals surface area contributed by atoms with Gasteiger partial charge in [-0.1, -0.05) is 27.5 Å². The zero-order valence-electron chi connectivity index (χ0n) is 9.45. The fraction of sp³-hybridized carbons (Fsp3) is 0.417. The van der Waals surface area contributed by atoms with Crippen molar-refractivity contribution in [2.45, 2.75) is 13.0 Å². The molecule has 1 fully saturated rings. The maximum atomic E-state index is 12.3. The lowest BCUT2D eigenvalue weighted by atomic mass is 10.1. The molecule has 1 amide bonds. The summed E-state index contributed by atoms with van der Waals surface area (Å²) in [6.07, 6.45) is 0. The molecule has 1 aromatic rings. The summed E-state index contributed by atoms with van der Waals surface area (Å²) in [6.45, 7) is 3.75. The van der Waals surface area contributed by atoms with Crippen molar-refractivity contribution in [3.05, 3.63) is 33.3 Å². The monoisotopic (exact) mass is 317 g/mol. The highest BCUT2D eigenvalue weighted by Crippen LogP contribution is 2.23. The summed E-state index contributed by atoms with van der Waals surface area (Å²) in [4.78, 5) is 14.2. The molecular weight excluding hydrogens is 305 g/mol. The summed E-state index contributed by atoms with van der Waals surface area (Å²) < 4.78 is 6.17. The second-order valence-corrected chi connectivity index (χ2v) is 5.37. The smallest absolute Gasteiger partial charge is 0.255 e. The van der Waals surface area contributed by atoms with E-state index in [1.54, 1.807) is 17.0 Å². The van der Waals surface area contributed by atoms with Crippen molar-refractivity contribution in [2.24, 2.45) is 0 Å². The Kier molecular flexibility index (Phi) is 4.07. The molecule has 1 aliphatic heterocycles. The maximum absolute atomic E-state index is 12.3. The van der Waals surface area contributed by atoms with Crippen molar-refractivity contribution in [3.63, 3.8) is 0 Å². The van der Waals surface area contributed by atoms with Crippen LogP contribution in [0.4, 0.5) is 0 Å². The molecule has 2 rings (SSSR count). The number of rotatable bonds is 1. The Hall–Kier alpha value is -0.580. The molecule has 1 aliphatic rings. The van der Waals surface area contributed by atoms with Crippen LogP contribution in [0.5, 0.6) is 0 Å². The van der Waals surface area contributed by atoms with E-state index in [2.05, 4.69) is 15.9 Å². The van der Waals surface area contributed by atoms with Crippen LogP contribution in [0, 0.1) is 0 Å². The van der Waals surface area contributed by atoms with E-state index in [0.29, 0.717) is 30.3 Å². The number of ether oxygens (including phenoxy) is 1. The average Bonchev–Trinajstić information content (AvgIpc) is 2.32. The number of carbonyl (C=O) groups is 1. The van der Waals surface area contributed by atoms with Gasteiger partial charge in [-0.2, -0.15) is 0 Å². The Balaban J connectivity index is 2.26. The minimum Gasteiger partial charge on any atom is -0.377 e. The van der Waals surface area contributed by atoms with E-state index in [0.717, 1.165) is 4.47 Å². The first-order valence-corrected chi connectivity index (χ1v) is 6.60. The minimum atomic E-state index is -0.0351. The predicted molar refractivity (Wildman–Crippen MR) is 70.5 cm³/mol. The fourth-order valence-electron chi connectivity index (χ4n) is 1.84. The summed E-state index contributed by atoms with van der Waals surface area (Å²) in [5, 5.41) is 0.483. The molecular formula is C12H13BrClNO2. The lowest BCUT2D eigenvalue weighted by Crippen LogP contribution is -2.47. The third-order valence-electron chi connectivity index (χ3n) is 2.79. The molecule has 3 nitrogen and oxygen atoms in total. The van der Waals surface area contributed by atoms with Gasteiger partial charge in [0.05, 0.1) is 29.8 Å². The predicted octanol–water partition coefficient (Wildman–Crippen LogP) is 2.96. The van der Waals surface area contributed by atoms with Crippen LogP contribution in [0.1, 0.15) is 17.3 Å². The zero-order chi connectivity index (χ0) is 12.4. The topological polar surface area (TPSA) is 29.5 Å². The van der Waals surface area contributed by atoms with Crippen LogP contribution in [0.3, 0.4) is 0 Å². The molecule has 92 valence electrons. The van der Waals surface area contributed by atoms with E-state index in [4.69, 9.17) is 16.3 Å². The summed E-state index contributed by atoms with van der Waals surface area (Å²) in [7, 11) is 0. The SMILES string of the molecule is CC1COCCN1C(=O)c1cc(Br)ccc1Cl. The van der Waals surface area contributed by atoms with E-state index < -0.39 is 0 Å². The van der Waals surface area contributed by atoms with E-state index in [9.17, 15) is 4.79 Å². The Morgan fingerprint density at radius 1 is 1.59 bits per heavy atom. The van der Waals surface area contributed by atoms with Gasteiger partial charge in [-0.3, -0.25) is 4.79 Å². The van der Waals surface area contributed by atoms with Crippen molar-refractivity contribution in [3.8, 4) is 0 Å². The van der Waals surface area contributed by atoms with Gasteiger partial charge in [-0.05, 0) is 25.1 Å². The summed E-state index contributed by atoms with van der Waals surface area (Å²) >= 11 is 9.41. The molecule has 5 heteroatoms. The lowest BCUT2D eigenvalue weighted by Gasteiger charge is -2.33. The van der Waals surface area contributed by atoms with Gasteiger partial charge in [0.15, 0.2) is 0 Å². The van der Waals surface area contributed by atoms with Crippen LogP contribution in [0.25, 0.3) is 0 Å². The van der Waals surface area contributed by atoms with Gasteiger partial charge in [0.2, 0.25) is 0 Å². The van der Waals surface area contributed by atoms with E-state index in [-0.39, 0.29) is 11.9 Å². The lowest BCUT2D eigenvalue weighted by molar-refractivity contribution is 0.00360. The number of morpholine rings is 1. The highest BCUT2D eigenvalue weighted by atomic mass is 79.9. The highest BCUT2D eigenvalue weighted by Gasteiger charge is 2.26. The first-order chi connectivity index (χ1) is 8.09. The second kappa shape index (κ2) is 5.38. The van der Waals surface area contributed by atoms with Crippen molar-refractivity contribution in [2.75, 3.05) is 19.8 Å². The fourth-order valence-corrected chi connectivity index (χ4v) is 2.40. The van der Waals surface area contributed by atoms with Crippen molar-refractivity contribution in [1.29, 1.82) is 0 Å². The zero-order valence-corrected chi connectivity index (χ0v) is 11.8. The van der Waals surface area contributed by atoms with Crippen LogP contribution in [-0.2, 0) is 4.74 Å². The van der Waals surface area contributed by atoms with Crippen LogP contribution >= 0.6 is 27.5 Å². The molecule has 1 saturated heterocycles. The molecule has 0 N–H and O–H groups in total. The molecule has 0 aliphatic carbocycles. The molecule has 1 atom stereocenters. The third kappa shape index (κ3) is 2.81. The first kappa shape index (κ1) is 12.9. The molecule has 17 heavy (non-hydrogen) atoms. The summed E-state index contributed by atoms with van der Waals surface area (Å²) in [5.41, 5.74) is 0.537. The third-order valence-corrected chi connectivity index (χ3v) is 3.61. The number of nitrogens with zero attached hydrogens (tertiary/aromatic N) is 1. The molecule has 0 saturated carbocycles. The van der Waals surface area contributed by atoms with Gasteiger partial charge >= 0.3 is 0 Å². The first-order valence-electron chi connectivity index (χ1n) is 5.43. The van der Waals surface area contributed by atoms with Gasteiger partial charge in [0.1, 0.15) is 0 Å². The van der Waals surface area contributed by atoms with Crippen molar-refractivity contribution < 1.29 is 9.53 Å². The quantitative estimate of drug-likeness (QED) is 0.797. The van der Waals surface area contributed by atoms with Crippen LogP contribution in [0.2, 0.25) is 5.02 Å². The molecule has 0 bridgehead atoms. The Morgan fingerprint density at radius 3 is 3.06 bits per heavy atom. The number of hydrogen-bond donors (Lipinski definition) is 0. The second-order valence-electron chi connectivity index (χ2n) is 4.05. The molecule has 1 aromatic carbocycles. The Morgan fingerprint density at radius 2 is 2.35 bits per heavy atom. The van der Waals surface area contributed by atoms with Gasteiger partial charge in [-0.25, -0.2) is 0 Å². The number of carbonyl (C=O) groups excluding carboxylic acids is 1. The van der Waals surface area contributed by atoms with Crippen LogP contribution in [-0.4, -0.2) is 36.6 Å².